The van der Waals surface area contributed by atoms with Crippen molar-refractivity contribution in [2.45, 2.75) is 6.92 Å². The highest BCUT2D eigenvalue weighted by molar-refractivity contribution is 6.04. The van der Waals surface area contributed by atoms with Gasteiger partial charge in [-0.15, -0.1) is 0 Å². The molecule has 0 aliphatic rings. The lowest BCUT2D eigenvalue weighted by Gasteiger charge is -2.12. The number of carbonyl (C=O) groups excluding carboxylic acids is 1. The second kappa shape index (κ2) is 8.23. The first-order valence-corrected chi connectivity index (χ1v) is 8.42. The van der Waals surface area contributed by atoms with Crippen molar-refractivity contribution in [3.8, 4) is 11.5 Å². The van der Waals surface area contributed by atoms with Gasteiger partial charge in [0.1, 0.15) is 17.3 Å². The van der Waals surface area contributed by atoms with Crippen LogP contribution in [-0.2, 0) is 0 Å². The third-order valence-electron chi connectivity index (χ3n) is 3.97. The number of carbonyl (C=O) groups is 1. The molecular weight excluding hydrogens is 342 g/mol. The van der Waals surface area contributed by atoms with Gasteiger partial charge >= 0.3 is 0 Å². The predicted octanol–water partition coefficient (Wildman–Crippen LogP) is 4.40. The average molecular weight is 363 g/mol. The summed E-state index contributed by atoms with van der Waals surface area (Å²) in [6.45, 7) is 2.01. The fourth-order valence-electron chi connectivity index (χ4n) is 2.57. The molecule has 2 aromatic carbocycles. The van der Waals surface area contributed by atoms with Crippen LogP contribution >= 0.6 is 0 Å². The molecule has 2 N–H and O–H groups in total. The number of aromatic nitrogens is 1. The summed E-state index contributed by atoms with van der Waals surface area (Å²) < 4.78 is 10.5. The summed E-state index contributed by atoms with van der Waals surface area (Å²) in [7, 11) is 3.19. The van der Waals surface area contributed by atoms with Crippen molar-refractivity contribution >= 4 is 23.1 Å². The summed E-state index contributed by atoms with van der Waals surface area (Å²) in [5.41, 5.74) is 3.27. The maximum absolute atomic E-state index is 12.3. The van der Waals surface area contributed by atoms with Gasteiger partial charge in [0.2, 0.25) is 0 Å². The number of amides is 1. The molecule has 0 saturated carbocycles. The second-order valence-corrected chi connectivity index (χ2v) is 5.95. The average Bonchev–Trinajstić information content (AvgIpc) is 2.69. The summed E-state index contributed by atoms with van der Waals surface area (Å²) >= 11 is 0. The molecule has 0 unspecified atom stereocenters. The molecule has 0 spiro atoms. The molecule has 27 heavy (non-hydrogen) atoms. The molecule has 1 amide bonds. The SMILES string of the molecule is COc1cccc(C(=O)Nc2ccc(Nc3cc(C)ccc3OC)cn2)c1. The van der Waals surface area contributed by atoms with Crippen LogP contribution < -0.4 is 20.1 Å². The van der Waals surface area contributed by atoms with E-state index in [0.29, 0.717) is 17.1 Å². The first-order chi connectivity index (χ1) is 13.1. The summed E-state index contributed by atoms with van der Waals surface area (Å²) in [6.07, 6.45) is 1.66. The summed E-state index contributed by atoms with van der Waals surface area (Å²) in [4.78, 5) is 16.6. The van der Waals surface area contributed by atoms with Crippen LogP contribution in [0.25, 0.3) is 0 Å². The minimum atomic E-state index is -0.248. The van der Waals surface area contributed by atoms with Crippen molar-refractivity contribution in [3.05, 3.63) is 71.9 Å². The Kier molecular flexibility index (Phi) is 5.56. The van der Waals surface area contributed by atoms with Gasteiger partial charge < -0.3 is 20.1 Å². The quantitative estimate of drug-likeness (QED) is 0.679. The zero-order chi connectivity index (χ0) is 19.2. The number of anilines is 3. The molecule has 0 bridgehead atoms. The number of hydrogen-bond donors (Lipinski definition) is 2. The molecule has 0 aliphatic carbocycles. The van der Waals surface area contributed by atoms with Crippen LogP contribution in [0.15, 0.2) is 60.8 Å². The second-order valence-electron chi connectivity index (χ2n) is 5.95. The van der Waals surface area contributed by atoms with Crippen molar-refractivity contribution < 1.29 is 14.3 Å². The molecule has 6 heteroatoms. The number of benzene rings is 2. The van der Waals surface area contributed by atoms with Crippen molar-refractivity contribution in [1.82, 2.24) is 4.98 Å². The van der Waals surface area contributed by atoms with Crippen LogP contribution in [0, 0.1) is 6.92 Å². The van der Waals surface area contributed by atoms with Gasteiger partial charge in [0, 0.05) is 5.56 Å². The highest BCUT2D eigenvalue weighted by Crippen LogP contribution is 2.28. The molecule has 1 aromatic heterocycles. The van der Waals surface area contributed by atoms with Gasteiger partial charge in [-0.25, -0.2) is 4.98 Å². The Morgan fingerprint density at radius 1 is 1.00 bits per heavy atom. The fraction of sp³-hybridized carbons (Fsp3) is 0.143. The van der Waals surface area contributed by atoms with Crippen LogP contribution in [0.4, 0.5) is 17.2 Å². The molecule has 0 aliphatic heterocycles. The molecule has 3 aromatic rings. The largest absolute Gasteiger partial charge is 0.497 e. The number of pyridine rings is 1. The molecule has 6 nitrogen and oxygen atoms in total. The number of hydrogen-bond acceptors (Lipinski definition) is 5. The molecule has 1 heterocycles. The fourth-order valence-corrected chi connectivity index (χ4v) is 2.57. The van der Waals surface area contributed by atoms with E-state index in [4.69, 9.17) is 9.47 Å². The Balaban J connectivity index is 1.70. The smallest absolute Gasteiger partial charge is 0.256 e. The lowest BCUT2D eigenvalue weighted by Crippen LogP contribution is -2.13. The van der Waals surface area contributed by atoms with Crippen LogP contribution in [0.1, 0.15) is 15.9 Å². The highest BCUT2D eigenvalue weighted by Gasteiger charge is 2.09. The lowest BCUT2D eigenvalue weighted by atomic mass is 10.2. The molecule has 0 radical (unpaired) electrons. The first-order valence-electron chi connectivity index (χ1n) is 8.42. The normalized spacial score (nSPS) is 10.2. The minimum absolute atomic E-state index is 0.248. The minimum Gasteiger partial charge on any atom is -0.497 e. The van der Waals surface area contributed by atoms with Crippen molar-refractivity contribution in [3.63, 3.8) is 0 Å². The predicted molar refractivity (Wildman–Crippen MR) is 106 cm³/mol. The molecule has 0 fully saturated rings. The third-order valence-corrected chi connectivity index (χ3v) is 3.97. The Labute approximate surface area is 158 Å². The zero-order valence-electron chi connectivity index (χ0n) is 15.4. The Morgan fingerprint density at radius 3 is 2.56 bits per heavy atom. The standard InChI is InChI=1S/C21H21N3O3/c1-14-7-9-19(27-3)18(11-14)23-16-8-10-20(22-13-16)24-21(25)15-5-4-6-17(12-15)26-2/h4-13,23H,1-3H3,(H,22,24,25). The third kappa shape index (κ3) is 4.55. The number of rotatable bonds is 6. The number of methoxy groups -OCH3 is 2. The van der Waals surface area contributed by atoms with E-state index in [1.807, 2.05) is 31.2 Å². The monoisotopic (exact) mass is 363 g/mol. The van der Waals surface area contributed by atoms with Crippen molar-refractivity contribution in [2.75, 3.05) is 24.9 Å². The maximum Gasteiger partial charge on any atom is 0.256 e. The first kappa shape index (κ1) is 18.3. The summed E-state index contributed by atoms with van der Waals surface area (Å²) in [5.74, 6) is 1.59. The van der Waals surface area contributed by atoms with Gasteiger partial charge in [-0.1, -0.05) is 12.1 Å². The summed E-state index contributed by atoms with van der Waals surface area (Å²) in [6, 6.07) is 16.4. The lowest BCUT2D eigenvalue weighted by molar-refractivity contribution is 0.102. The van der Waals surface area contributed by atoms with Crippen LogP contribution in [0.5, 0.6) is 11.5 Å². The van der Waals surface area contributed by atoms with Gasteiger partial charge in [0.05, 0.1) is 31.8 Å². The Hall–Kier alpha value is -3.54. The Bertz CT molecular complexity index is 940. The van der Waals surface area contributed by atoms with Gasteiger partial charge in [-0.3, -0.25) is 4.79 Å². The van der Waals surface area contributed by atoms with E-state index in [0.717, 1.165) is 22.7 Å². The Morgan fingerprint density at radius 2 is 1.85 bits per heavy atom. The van der Waals surface area contributed by atoms with E-state index >= 15 is 0 Å². The number of nitrogens with zero attached hydrogens (tertiary/aromatic N) is 1. The van der Waals surface area contributed by atoms with Gasteiger partial charge in [0.15, 0.2) is 0 Å². The van der Waals surface area contributed by atoms with E-state index in [-0.39, 0.29) is 5.91 Å². The highest BCUT2D eigenvalue weighted by atomic mass is 16.5. The van der Waals surface area contributed by atoms with Gasteiger partial charge in [0.25, 0.3) is 5.91 Å². The number of nitrogens with one attached hydrogen (secondary N) is 2. The van der Waals surface area contributed by atoms with Crippen molar-refractivity contribution in [1.29, 1.82) is 0 Å². The number of aryl methyl sites for hydroxylation is 1. The topological polar surface area (TPSA) is 72.5 Å². The van der Waals surface area contributed by atoms with E-state index in [1.54, 1.807) is 50.7 Å². The van der Waals surface area contributed by atoms with E-state index in [2.05, 4.69) is 15.6 Å². The molecular formula is C21H21N3O3. The van der Waals surface area contributed by atoms with Crippen LogP contribution in [0.2, 0.25) is 0 Å². The van der Waals surface area contributed by atoms with Gasteiger partial charge in [-0.2, -0.15) is 0 Å². The van der Waals surface area contributed by atoms with Crippen LogP contribution in [-0.4, -0.2) is 25.1 Å². The summed E-state index contributed by atoms with van der Waals surface area (Å²) in [5, 5.41) is 6.05. The van der Waals surface area contributed by atoms with Crippen LogP contribution in [0.3, 0.4) is 0 Å². The van der Waals surface area contributed by atoms with E-state index in [9.17, 15) is 4.79 Å². The maximum atomic E-state index is 12.3. The van der Waals surface area contributed by atoms with Gasteiger partial charge in [-0.05, 0) is 55.0 Å². The van der Waals surface area contributed by atoms with Crippen molar-refractivity contribution in [2.24, 2.45) is 0 Å². The van der Waals surface area contributed by atoms with E-state index < -0.39 is 0 Å². The molecule has 0 atom stereocenters. The molecule has 138 valence electrons. The number of ether oxygens (including phenoxy) is 2. The molecule has 0 saturated heterocycles. The molecule has 3 rings (SSSR count). The van der Waals surface area contributed by atoms with E-state index in [1.165, 1.54) is 0 Å². The zero-order valence-corrected chi connectivity index (χ0v) is 15.4.